The third kappa shape index (κ3) is 6.18. The lowest BCUT2D eigenvalue weighted by molar-refractivity contribution is -0.144. The largest absolute Gasteiger partial charge is 0.497 e. The van der Waals surface area contributed by atoms with Crippen LogP contribution in [0, 0.1) is 5.92 Å². The molecule has 6 heteroatoms. The Bertz CT molecular complexity index is 502. The number of benzene rings is 1. The summed E-state index contributed by atoms with van der Waals surface area (Å²) in [6.07, 6.45) is 1.47. The first-order valence-corrected chi connectivity index (χ1v) is 7.76. The van der Waals surface area contributed by atoms with Crippen molar-refractivity contribution < 1.29 is 19.1 Å². The van der Waals surface area contributed by atoms with E-state index in [0.29, 0.717) is 13.0 Å². The van der Waals surface area contributed by atoms with Gasteiger partial charge < -0.3 is 20.1 Å². The highest BCUT2D eigenvalue weighted by molar-refractivity contribution is 5.83. The fourth-order valence-corrected chi connectivity index (χ4v) is 2.10. The molecular formula is C17H26N2O4. The molecule has 0 spiro atoms. The van der Waals surface area contributed by atoms with Crippen molar-refractivity contribution in [2.75, 3.05) is 20.8 Å². The van der Waals surface area contributed by atoms with Crippen LogP contribution in [0.1, 0.15) is 25.8 Å². The first-order chi connectivity index (χ1) is 11.0. The van der Waals surface area contributed by atoms with Gasteiger partial charge >= 0.3 is 12.0 Å². The average Bonchev–Trinajstić information content (AvgIpc) is 2.58. The maximum absolute atomic E-state index is 11.9. The number of hydrogen-bond acceptors (Lipinski definition) is 4. The van der Waals surface area contributed by atoms with Crippen LogP contribution in [0.4, 0.5) is 4.79 Å². The molecule has 0 saturated heterocycles. The van der Waals surface area contributed by atoms with Crippen molar-refractivity contribution in [1.29, 1.82) is 0 Å². The molecule has 0 fully saturated rings. The number of amides is 2. The molecule has 0 bridgehead atoms. The zero-order valence-corrected chi connectivity index (χ0v) is 14.2. The minimum absolute atomic E-state index is 0.00906. The molecule has 2 atom stereocenters. The summed E-state index contributed by atoms with van der Waals surface area (Å²) in [5.41, 5.74) is 1.09. The summed E-state index contributed by atoms with van der Waals surface area (Å²) in [7, 11) is 2.94. The Morgan fingerprint density at radius 1 is 1.17 bits per heavy atom. The van der Waals surface area contributed by atoms with E-state index in [0.717, 1.165) is 17.7 Å². The van der Waals surface area contributed by atoms with E-state index in [4.69, 9.17) is 9.47 Å². The molecule has 1 rings (SSSR count). The number of urea groups is 1. The number of methoxy groups -OCH3 is 2. The van der Waals surface area contributed by atoms with E-state index in [-0.39, 0.29) is 11.9 Å². The van der Waals surface area contributed by atoms with Crippen LogP contribution in [0.15, 0.2) is 24.3 Å². The topological polar surface area (TPSA) is 76.7 Å². The van der Waals surface area contributed by atoms with Gasteiger partial charge in [-0.05, 0) is 30.0 Å². The van der Waals surface area contributed by atoms with Crippen LogP contribution < -0.4 is 15.4 Å². The predicted octanol–water partition coefficient (Wildman–Crippen LogP) is 2.12. The van der Waals surface area contributed by atoms with Gasteiger partial charge in [0.05, 0.1) is 14.2 Å². The number of nitrogens with one attached hydrogen (secondary N) is 2. The molecule has 1 aromatic carbocycles. The van der Waals surface area contributed by atoms with Gasteiger partial charge in [0.15, 0.2) is 0 Å². The van der Waals surface area contributed by atoms with Crippen LogP contribution in [0.3, 0.4) is 0 Å². The molecule has 2 amide bonds. The van der Waals surface area contributed by atoms with Gasteiger partial charge in [-0.3, -0.25) is 0 Å². The second-order valence-corrected chi connectivity index (χ2v) is 5.38. The quantitative estimate of drug-likeness (QED) is 0.719. The number of esters is 1. The molecule has 2 N–H and O–H groups in total. The fraction of sp³-hybridized carbons (Fsp3) is 0.529. The third-order valence-electron chi connectivity index (χ3n) is 3.81. The molecule has 0 radical (unpaired) electrons. The normalized spacial score (nSPS) is 12.9. The predicted molar refractivity (Wildman–Crippen MR) is 88.5 cm³/mol. The smallest absolute Gasteiger partial charge is 0.328 e. The molecule has 0 aliphatic carbocycles. The van der Waals surface area contributed by atoms with E-state index in [2.05, 4.69) is 10.6 Å². The molecule has 128 valence electrons. The van der Waals surface area contributed by atoms with Gasteiger partial charge in [-0.1, -0.05) is 32.4 Å². The Morgan fingerprint density at radius 2 is 1.83 bits per heavy atom. The highest BCUT2D eigenvalue weighted by Crippen LogP contribution is 2.11. The second kappa shape index (κ2) is 9.71. The highest BCUT2D eigenvalue weighted by atomic mass is 16.5. The van der Waals surface area contributed by atoms with E-state index >= 15 is 0 Å². The lowest BCUT2D eigenvalue weighted by atomic mass is 9.99. The summed E-state index contributed by atoms with van der Waals surface area (Å²) >= 11 is 0. The van der Waals surface area contributed by atoms with Crippen molar-refractivity contribution in [3.63, 3.8) is 0 Å². The van der Waals surface area contributed by atoms with Crippen LogP contribution >= 0.6 is 0 Å². The summed E-state index contributed by atoms with van der Waals surface area (Å²) in [5, 5.41) is 5.44. The number of rotatable bonds is 8. The van der Waals surface area contributed by atoms with E-state index in [1.54, 1.807) is 7.11 Å². The minimum Gasteiger partial charge on any atom is -0.497 e. The van der Waals surface area contributed by atoms with Crippen molar-refractivity contribution in [2.24, 2.45) is 5.92 Å². The molecule has 23 heavy (non-hydrogen) atoms. The summed E-state index contributed by atoms with van der Waals surface area (Å²) in [6.45, 7) is 4.34. The van der Waals surface area contributed by atoms with Gasteiger partial charge in [0.1, 0.15) is 11.8 Å². The zero-order valence-electron chi connectivity index (χ0n) is 14.2. The number of carbonyl (C=O) groups is 2. The minimum atomic E-state index is -0.633. The molecular weight excluding hydrogens is 296 g/mol. The maximum atomic E-state index is 11.9. The lowest BCUT2D eigenvalue weighted by Crippen LogP contribution is -2.49. The van der Waals surface area contributed by atoms with Crippen molar-refractivity contribution in [2.45, 2.75) is 32.7 Å². The SMILES string of the molecule is CCC(C)C(NC(=O)NCCc1ccc(OC)cc1)C(=O)OC. The Labute approximate surface area is 137 Å². The van der Waals surface area contributed by atoms with Crippen molar-refractivity contribution >= 4 is 12.0 Å². The molecule has 0 aliphatic heterocycles. The van der Waals surface area contributed by atoms with E-state index in [1.165, 1.54) is 7.11 Å². The van der Waals surface area contributed by atoms with Gasteiger partial charge in [-0.25, -0.2) is 9.59 Å². The molecule has 0 aliphatic rings. The molecule has 0 saturated carbocycles. The number of hydrogen-bond donors (Lipinski definition) is 2. The average molecular weight is 322 g/mol. The van der Waals surface area contributed by atoms with Gasteiger partial charge in [0.2, 0.25) is 0 Å². The fourth-order valence-electron chi connectivity index (χ4n) is 2.10. The summed E-state index contributed by atoms with van der Waals surface area (Å²) in [6, 6.07) is 6.67. The third-order valence-corrected chi connectivity index (χ3v) is 3.81. The Balaban J connectivity index is 2.43. The van der Waals surface area contributed by atoms with Gasteiger partial charge in [-0.2, -0.15) is 0 Å². The molecule has 1 aromatic rings. The Kier molecular flexibility index (Phi) is 7.94. The van der Waals surface area contributed by atoms with E-state index in [9.17, 15) is 9.59 Å². The van der Waals surface area contributed by atoms with E-state index in [1.807, 2.05) is 38.1 Å². The van der Waals surface area contributed by atoms with E-state index < -0.39 is 12.0 Å². The van der Waals surface area contributed by atoms with Crippen LogP contribution in [0.5, 0.6) is 5.75 Å². The maximum Gasteiger partial charge on any atom is 0.328 e. The molecule has 0 heterocycles. The first kappa shape index (κ1) is 18.8. The van der Waals surface area contributed by atoms with Crippen molar-refractivity contribution in [1.82, 2.24) is 10.6 Å². The number of ether oxygens (including phenoxy) is 2. The van der Waals surface area contributed by atoms with Crippen LogP contribution in [-0.4, -0.2) is 38.8 Å². The second-order valence-electron chi connectivity index (χ2n) is 5.38. The van der Waals surface area contributed by atoms with Gasteiger partial charge in [-0.15, -0.1) is 0 Å². The monoisotopic (exact) mass is 322 g/mol. The molecule has 2 unspecified atom stereocenters. The number of carbonyl (C=O) groups excluding carboxylic acids is 2. The van der Waals surface area contributed by atoms with Crippen LogP contribution in [0.2, 0.25) is 0 Å². The van der Waals surface area contributed by atoms with Crippen molar-refractivity contribution in [3.05, 3.63) is 29.8 Å². The van der Waals surface area contributed by atoms with Crippen LogP contribution in [-0.2, 0) is 16.0 Å². The summed E-state index contributed by atoms with van der Waals surface area (Å²) in [5.74, 6) is 0.383. The Hall–Kier alpha value is -2.24. The zero-order chi connectivity index (χ0) is 17.2. The standard InChI is InChI=1S/C17H26N2O4/c1-5-12(2)15(16(20)23-4)19-17(21)18-11-10-13-6-8-14(22-3)9-7-13/h6-9,12,15H,5,10-11H2,1-4H3,(H2,18,19,21). The molecule has 6 nitrogen and oxygen atoms in total. The summed E-state index contributed by atoms with van der Waals surface area (Å²) in [4.78, 5) is 23.7. The van der Waals surface area contributed by atoms with Gasteiger partial charge in [0.25, 0.3) is 0 Å². The summed E-state index contributed by atoms with van der Waals surface area (Å²) < 4.78 is 9.84. The highest BCUT2D eigenvalue weighted by Gasteiger charge is 2.26. The van der Waals surface area contributed by atoms with Crippen molar-refractivity contribution in [3.8, 4) is 5.75 Å². The van der Waals surface area contributed by atoms with Gasteiger partial charge in [0, 0.05) is 6.54 Å². The Morgan fingerprint density at radius 3 is 2.35 bits per heavy atom. The lowest BCUT2D eigenvalue weighted by Gasteiger charge is -2.22. The molecule has 0 aromatic heterocycles. The van der Waals surface area contributed by atoms with Crippen LogP contribution in [0.25, 0.3) is 0 Å². The first-order valence-electron chi connectivity index (χ1n) is 7.76.